The Balaban J connectivity index is 1.95. The second-order valence-electron chi connectivity index (χ2n) is 7.77. The standard InChI is InChI=1S/C23H29N3O7S/c1-5-25-20-12-11-19(34(30,31)24(3)4)13-21(20)26(23(29)22(25)28)14-16(27)15-33-18-9-7-17(8-10-18)32-6-2/h7-13,16,27H,5-6,14-15H2,1-4H3/t16-/m1/s1. The summed E-state index contributed by atoms with van der Waals surface area (Å²) in [5.41, 5.74) is -0.981. The van der Waals surface area contributed by atoms with Gasteiger partial charge >= 0.3 is 11.1 Å². The van der Waals surface area contributed by atoms with Gasteiger partial charge in [-0.15, -0.1) is 0 Å². The van der Waals surface area contributed by atoms with Crippen molar-refractivity contribution in [1.82, 2.24) is 13.4 Å². The van der Waals surface area contributed by atoms with E-state index < -0.39 is 27.2 Å². The zero-order chi connectivity index (χ0) is 25.0. The normalized spacial score (nSPS) is 12.8. The maximum absolute atomic E-state index is 12.9. The van der Waals surface area contributed by atoms with E-state index in [1.807, 2.05) is 6.92 Å². The van der Waals surface area contributed by atoms with Crippen LogP contribution in [0, 0.1) is 0 Å². The second-order valence-corrected chi connectivity index (χ2v) is 9.92. The number of aliphatic hydroxyl groups is 1. The van der Waals surface area contributed by atoms with Crippen molar-refractivity contribution in [2.24, 2.45) is 0 Å². The van der Waals surface area contributed by atoms with Crippen LogP contribution in [0.15, 0.2) is 56.9 Å². The van der Waals surface area contributed by atoms with Crippen LogP contribution >= 0.6 is 0 Å². The highest BCUT2D eigenvalue weighted by atomic mass is 32.2. The van der Waals surface area contributed by atoms with E-state index in [1.165, 1.54) is 36.9 Å². The van der Waals surface area contributed by atoms with Crippen LogP contribution in [0.25, 0.3) is 11.0 Å². The molecule has 3 aromatic rings. The summed E-state index contributed by atoms with van der Waals surface area (Å²) in [4.78, 5) is 25.5. The zero-order valence-electron chi connectivity index (χ0n) is 19.6. The lowest BCUT2D eigenvalue weighted by atomic mass is 10.2. The summed E-state index contributed by atoms with van der Waals surface area (Å²) in [7, 11) is -0.968. The quantitative estimate of drug-likeness (QED) is 0.424. The van der Waals surface area contributed by atoms with Gasteiger partial charge in [0.25, 0.3) is 0 Å². The minimum absolute atomic E-state index is 0.0282. The Bertz CT molecular complexity index is 1380. The number of benzene rings is 2. The van der Waals surface area contributed by atoms with Gasteiger partial charge in [0.1, 0.15) is 24.2 Å². The number of aromatic nitrogens is 2. The van der Waals surface area contributed by atoms with Crippen LogP contribution < -0.4 is 20.6 Å². The van der Waals surface area contributed by atoms with Crippen LogP contribution in [0.5, 0.6) is 11.5 Å². The average Bonchev–Trinajstić information content (AvgIpc) is 2.81. The molecule has 1 atom stereocenters. The van der Waals surface area contributed by atoms with Crippen molar-refractivity contribution in [1.29, 1.82) is 0 Å². The summed E-state index contributed by atoms with van der Waals surface area (Å²) in [6, 6.07) is 11.1. The van der Waals surface area contributed by atoms with Gasteiger partial charge < -0.3 is 19.1 Å². The number of nitrogens with zero attached hydrogens (tertiary/aromatic N) is 3. The maximum Gasteiger partial charge on any atom is 0.317 e. The Hall–Kier alpha value is -3.15. The van der Waals surface area contributed by atoms with Crippen molar-refractivity contribution in [2.75, 3.05) is 27.3 Å². The molecule has 0 spiro atoms. The van der Waals surface area contributed by atoms with Crippen molar-refractivity contribution in [3.05, 3.63) is 63.2 Å². The molecule has 3 rings (SSSR count). The van der Waals surface area contributed by atoms with Gasteiger partial charge in [0.05, 0.1) is 29.1 Å². The van der Waals surface area contributed by atoms with Gasteiger partial charge in [-0.25, -0.2) is 12.7 Å². The lowest BCUT2D eigenvalue weighted by Gasteiger charge is -2.19. The Morgan fingerprint density at radius 2 is 1.50 bits per heavy atom. The molecule has 0 saturated heterocycles. The molecule has 0 amide bonds. The van der Waals surface area contributed by atoms with Gasteiger partial charge in [-0.2, -0.15) is 0 Å². The molecule has 184 valence electrons. The van der Waals surface area contributed by atoms with E-state index in [4.69, 9.17) is 9.47 Å². The highest BCUT2D eigenvalue weighted by Crippen LogP contribution is 2.21. The summed E-state index contributed by atoms with van der Waals surface area (Å²) >= 11 is 0. The molecule has 1 aromatic heterocycles. The van der Waals surface area contributed by atoms with Crippen molar-refractivity contribution in [2.45, 2.75) is 37.9 Å². The number of aryl methyl sites for hydroxylation is 1. The zero-order valence-corrected chi connectivity index (χ0v) is 20.4. The van der Waals surface area contributed by atoms with Gasteiger partial charge in [0.15, 0.2) is 0 Å². The molecular formula is C23H29N3O7S. The highest BCUT2D eigenvalue weighted by molar-refractivity contribution is 7.89. The van der Waals surface area contributed by atoms with Gasteiger partial charge in [-0.3, -0.25) is 14.2 Å². The minimum Gasteiger partial charge on any atom is -0.494 e. The fourth-order valence-electron chi connectivity index (χ4n) is 3.52. The fourth-order valence-corrected chi connectivity index (χ4v) is 4.44. The molecule has 0 bridgehead atoms. The smallest absolute Gasteiger partial charge is 0.317 e. The minimum atomic E-state index is -3.78. The first-order valence-electron chi connectivity index (χ1n) is 10.8. The number of hydrogen-bond acceptors (Lipinski definition) is 7. The molecule has 0 radical (unpaired) electrons. The SMILES string of the molecule is CCOc1ccc(OC[C@H](O)Cn2c(=O)c(=O)n(CC)c3ccc(S(=O)(=O)N(C)C)cc32)cc1. The van der Waals surface area contributed by atoms with E-state index >= 15 is 0 Å². The molecule has 0 aliphatic carbocycles. The van der Waals surface area contributed by atoms with E-state index in [-0.39, 0.29) is 30.1 Å². The fraction of sp³-hybridized carbons (Fsp3) is 0.391. The number of aliphatic hydroxyl groups excluding tert-OH is 1. The van der Waals surface area contributed by atoms with Crippen molar-refractivity contribution < 1.29 is 23.0 Å². The number of fused-ring (bicyclic) bond motifs is 1. The summed E-state index contributed by atoms with van der Waals surface area (Å²) < 4.78 is 39.7. The summed E-state index contributed by atoms with van der Waals surface area (Å²) in [6.07, 6.45) is -1.14. The van der Waals surface area contributed by atoms with Gasteiger partial charge in [-0.05, 0) is 56.3 Å². The summed E-state index contributed by atoms with van der Waals surface area (Å²) in [6.45, 7) is 3.97. The number of ether oxygens (including phenoxy) is 2. The second kappa shape index (κ2) is 10.4. The van der Waals surface area contributed by atoms with Crippen molar-refractivity contribution >= 4 is 21.1 Å². The van der Waals surface area contributed by atoms with Crippen LogP contribution in [0.3, 0.4) is 0 Å². The molecule has 10 nitrogen and oxygen atoms in total. The molecule has 1 heterocycles. The lowest BCUT2D eigenvalue weighted by Crippen LogP contribution is -2.43. The van der Waals surface area contributed by atoms with Gasteiger partial charge in [0, 0.05) is 20.6 Å². The third-order valence-electron chi connectivity index (χ3n) is 5.27. The average molecular weight is 492 g/mol. The van der Waals surface area contributed by atoms with Crippen LogP contribution in [-0.2, 0) is 23.1 Å². The molecule has 0 fully saturated rings. The number of hydrogen-bond donors (Lipinski definition) is 1. The van der Waals surface area contributed by atoms with Crippen LogP contribution in [-0.4, -0.2) is 60.4 Å². The molecule has 11 heteroatoms. The molecule has 0 aliphatic heterocycles. The number of rotatable bonds is 10. The molecule has 0 unspecified atom stereocenters. The van der Waals surface area contributed by atoms with Crippen molar-refractivity contribution in [3.8, 4) is 11.5 Å². The molecule has 2 aromatic carbocycles. The van der Waals surface area contributed by atoms with Gasteiger partial charge in [0.2, 0.25) is 10.0 Å². The third kappa shape index (κ3) is 5.16. The Kier molecular flexibility index (Phi) is 7.80. The van der Waals surface area contributed by atoms with E-state index in [9.17, 15) is 23.1 Å². The van der Waals surface area contributed by atoms with E-state index in [2.05, 4.69) is 0 Å². The predicted molar refractivity (Wildman–Crippen MR) is 128 cm³/mol. The molecule has 34 heavy (non-hydrogen) atoms. The summed E-state index contributed by atoms with van der Waals surface area (Å²) in [5.74, 6) is 1.19. The van der Waals surface area contributed by atoms with Gasteiger partial charge in [-0.1, -0.05) is 0 Å². The van der Waals surface area contributed by atoms with E-state index in [0.717, 1.165) is 8.87 Å². The maximum atomic E-state index is 12.9. The monoisotopic (exact) mass is 491 g/mol. The Morgan fingerprint density at radius 3 is 2.06 bits per heavy atom. The first kappa shape index (κ1) is 25.5. The van der Waals surface area contributed by atoms with Crippen LogP contribution in [0.2, 0.25) is 0 Å². The summed E-state index contributed by atoms with van der Waals surface area (Å²) in [5, 5.41) is 10.6. The largest absolute Gasteiger partial charge is 0.494 e. The lowest BCUT2D eigenvalue weighted by molar-refractivity contribution is 0.0925. The topological polar surface area (TPSA) is 120 Å². The first-order chi connectivity index (χ1) is 16.1. The predicted octanol–water partition coefficient (Wildman–Crippen LogP) is 1.27. The molecule has 0 saturated carbocycles. The molecule has 0 aliphatic rings. The van der Waals surface area contributed by atoms with Crippen LogP contribution in [0.1, 0.15) is 13.8 Å². The van der Waals surface area contributed by atoms with E-state index in [0.29, 0.717) is 23.6 Å². The van der Waals surface area contributed by atoms with Crippen molar-refractivity contribution in [3.63, 3.8) is 0 Å². The van der Waals surface area contributed by atoms with Crippen LogP contribution in [0.4, 0.5) is 0 Å². The van der Waals surface area contributed by atoms with E-state index in [1.54, 1.807) is 31.2 Å². The molecular weight excluding hydrogens is 462 g/mol. The first-order valence-corrected chi connectivity index (χ1v) is 12.3. The Labute approximate surface area is 197 Å². The Morgan fingerprint density at radius 1 is 0.912 bits per heavy atom. The highest BCUT2D eigenvalue weighted by Gasteiger charge is 2.21. The third-order valence-corrected chi connectivity index (χ3v) is 7.08. The molecule has 1 N–H and O–H groups in total. The number of sulfonamides is 1.